The van der Waals surface area contributed by atoms with E-state index in [0.717, 1.165) is 50.5 Å². The molecule has 4 aliphatic carbocycles. The molecule has 0 aromatic rings. The van der Waals surface area contributed by atoms with Gasteiger partial charge in [0.15, 0.2) is 5.78 Å². The molecule has 0 spiro atoms. The average molecular weight is 342 g/mol. The van der Waals surface area contributed by atoms with Crippen LogP contribution in [0, 0.1) is 28.6 Å². The van der Waals surface area contributed by atoms with Crippen LogP contribution in [0.3, 0.4) is 0 Å². The van der Waals surface area contributed by atoms with Crippen molar-refractivity contribution in [2.24, 2.45) is 28.6 Å². The molecule has 3 nitrogen and oxygen atoms in total. The van der Waals surface area contributed by atoms with Crippen LogP contribution in [0.4, 0.5) is 0 Å². The number of ketones is 1. The smallest absolute Gasteiger partial charge is 0.302 e. The van der Waals surface area contributed by atoms with Crippen molar-refractivity contribution in [2.45, 2.75) is 71.8 Å². The lowest BCUT2D eigenvalue weighted by Crippen LogP contribution is -2.50. The molecule has 25 heavy (non-hydrogen) atoms. The number of hydrogen-bond acceptors (Lipinski definition) is 3. The highest BCUT2D eigenvalue weighted by molar-refractivity contribution is 6.02. The Morgan fingerprint density at radius 3 is 2.60 bits per heavy atom. The van der Waals surface area contributed by atoms with Crippen LogP contribution in [-0.4, -0.2) is 17.9 Å². The molecule has 6 atom stereocenters. The zero-order valence-corrected chi connectivity index (χ0v) is 15.8. The van der Waals surface area contributed by atoms with Crippen molar-refractivity contribution in [3.63, 3.8) is 0 Å². The van der Waals surface area contributed by atoms with Gasteiger partial charge in [0, 0.05) is 18.8 Å². The molecule has 0 unspecified atom stereocenters. The van der Waals surface area contributed by atoms with E-state index in [-0.39, 0.29) is 22.9 Å². The third-order valence-corrected chi connectivity index (χ3v) is 8.09. The Kier molecular flexibility index (Phi) is 3.79. The number of fused-ring (bicyclic) bond motifs is 5. The lowest BCUT2D eigenvalue weighted by molar-refractivity contribution is -0.148. The first-order valence-corrected chi connectivity index (χ1v) is 9.85. The van der Waals surface area contributed by atoms with Crippen molar-refractivity contribution in [3.8, 4) is 0 Å². The second-order valence-electron chi connectivity index (χ2n) is 9.33. The number of carbonyl (C=O) groups excluding carboxylic acids is 2. The Balaban J connectivity index is 1.62. The number of esters is 1. The maximum absolute atomic E-state index is 12.7. The number of Topliss-reactive ketones (excluding diaryl/α,β-unsaturated/α-hetero) is 1. The first-order valence-electron chi connectivity index (χ1n) is 9.85. The van der Waals surface area contributed by atoms with E-state index in [2.05, 4.69) is 26.5 Å². The second kappa shape index (κ2) is 5.56. The minimum Gasteiger partial charge on any atom is -0.462 e. The number of rotatable bonds is 1. The van der Waals surface area contributed by atoms with E-state index in [0.29, 0.717) is 23.5 Å². The first kappa shape index (κ1) is 17.1. The summed E-state index contributed by atoms with van der Waals surface area (Å²) in [5.41, 5.74) is 2.40. The maximum atomic E-state index is 12.7. The normalized spacial score (nSPS) is 46.0. The first-order chi connectivity index (χ1) is 11.8. The molecule has 0 bridgehead atoms. The largest absolute Gasteiger partial charge is 0.462 e. The molecule has 3 fully saturated rings. The molecule has 0 heterocycles. The summed E-state index contributed by atoms with van der Waals surface area (Å²) in [7, 11) is 0. The van der Waals surface area contributed by atoms with Crippen molar-refractivity contribution >= 4 is 11.8 Å². The molecular weight excluding hydrogens is 312 g/mol. The molecule has 3 heteroatoms. The van der Waals surface area contributed by atoms with Crippen LogP contribution >= 0.6 is 0 Å². The summed E-state index contributed by atoms with van der Waals surface area (Å²) in [5, 5.41) is 0. The van der Waals surface area contributed by atoms with Gasteiger partial charge in [0.25, 0.3) is 0 Å². The van der Waals surface area contributed by atoms with E-state index in [1.165, 1.54) is 12.5 Å². The van der Waals surface area contributed by atoms with Crippen molar-refractivity contribution < 1.29 is 14.3 Å². The van der Waals surface area contributed by atoms with Gasteiger partial charge in [-0.2, -0.15) is 0 Å². The van der Waals surface area contributed by atoms with Gasteiger partial charge < -0.3 is 4.74 Å². The Morgan fingerprint density at radius 2 is 1.88 bits per heavy atom. The highest BCUT2D eigenvalue weighted by Gasteiger charge is 2.59. The van der Waals surface area contributed by atoms with Crippen LogP contribution in [0.2, 0.25) is 0 Å². The van der Waals surface area contributed by atoms with Gasteiger partial charge in [0.2, 0.25) is 0 Å². The number of ether oxygens (including phenoxy) is 1. The fraction of sp³-hybridized carbons (Fsp3) is 0.727. The molecule has 3 saturated carbocycles. The Morgan fingerprint density at radius 1 is 1.16 bits per heavy atom. The van der Waals surface area contributed by atoms with Crippen LogP contribution in [0.15, 0.2) is 23.8 Å². The summed E-state index contributed by atoms with van der Waals surface area (Å²) in [6.45, 7) is 10.2. The van der Waals surface area contributed by atoms with Gasteiger partial charge in [-0.1, -0.05) is 32.1 Å². The van der Waals surface area contributed by atoms with E-state index >= 15 is 0 Å². The van der Waals surface area contributed by atoms with Gasteiger partial charge in [-0.15, -0.1) is 0 Å². The second-order valence-corrected chi connectivity index (χ2v) is 9.33. The van der Waals surface area contributed by atoms with E-state index in [1.807, 2.05) is 0 Å². The summed E-state index contributed by atoms with van der Waals surface area (Å²) in [4.78, 5) is 24.0. The van der Waals surface area contributed by atoms with Crippen molar-refractivity contribution in [1.29, 1.82) is 0 Å². The monoisotopic (exact) mass is 342 g/mol. The zero-order valence-electron chi connectivity index (χ0n) is 15.8. The third-order valence-electron chi connectivity index (χ3n) is 8.09. The van der Waals surface area contributed by atoms with Gasteiger partial charge in [-0.25, -0.2) is 0 Å². The summed E-state index contributed by atoms with van der Waals surface area (Å²) in [6, 6.07) is 0. The van der Waals surface area contributed by atoms with Gasteiger partial charge in [0.1, 0.15) is 6.10 Å². The molecule has 136 valence electrons. The summed E-state index contributed by atoms with van der Waals surface area (Å²) < 4.78 is 5.50. The van der Waals surface area contributed by atoms with Gasteiger partial charge in [0.05, 0.1) is 0 Å². The number of hydrogen-bond donors (Lipinski definition) is 0. The van der Waals surface area contributed by atoms with E-state index in [4.69, 9.17) is 4.74 Å². The predicted molar refractivity (Wildman–Crippen MR) is 96.8 cm³/mol. The Bertz CT molecular complexity index is 675. The van der Waals surface area contributed by atoms with Crippen molar-refractivity contribution in [2.75, 3.05) is 0 Å². The van der Waals surface area contributed by atoms with Crippen LogP contribution in [0.5, 0.6) is 0 Å². The maximum Gasteiger partial charge on any atom is 0.302 e. The van der Waals surface area contributed by atoms with Crippen LogP contribution in [0.25, 0.3) is 0 Å². The molecule has 0 saturated heterocycles. The Labute approximate surface area is 150 Å². The summed E-state index contributed by atoms with van der Waals surface area (Å²) in [6.07, 6.45) is 9.54. The lowest BCUT2D eigenvalue weighted by atomic mass is 9.48. The van der Waals surface area contributed by atoms with Crippen LogP contribution in [-0.2, 0) is 14.3 Å². The SMILES string of the molecule is C=C1C[C@@H]2[C@H]3CC=C4C[C@H](OC(C)=O)CC[C@]4(C)[C@@H]3CC[C@@]2(C)C1=O. The van der Waals surface area contributed by atoms with Gasteiger partial charge >= 0.3 is 5.97 Å². The fourth-order valence-electron chi connectivity index (χ4n) is 6.70. The molecule has 0 aliphatic heterocycles. The third kappa shape index (κ3) is 2.38. The highest BCUT2D eigenvalue weighted by Crippen LogP contribution is 2.64. The molecule has 4 rings (SSSR count). The van der Waals surface area contributed by atoms with E-state index < -0.39 is 0 Å². The summed E-state index contributed by atoms with van der Waals surface area (Å²) >= 11 is 0. The zero-order chi connectivity index (χ0) is 18.0. The van der Waals surface area contributed by atoms with E-state index in [9.17, 15) is 9.59 Å². The quantitative estimate of drug-likeness (QED) is 0.397. The molecule has 0 N–H and O–H groups in total. The van der Waals surface area contributed by atoms with Crippen LogP contribution < -0.4 is 0 Å². The molecule has 4 aliphatic rings. The van der Waals surface area contributed by atoms with Gasteiger partial charge in [-0.05, 0) is 67.3 Å². The number of carbonyl (C=O) groups is 2. The molecule has 0 radical (unpaired) electrons. The molecular formula is C22H30O3. The van der Waals surface area contributed by atoms with Crippen LogP contribution in [0.1, 0.15) is 65.7 Å². The topological polar surface area (TPSA) is 43.4 Å². The fourth-order valence-corrected chi connectivity index (χ4v) is 6.70. The molecule has 0 amide bonds. The van der Waals surface area contributed by atoms with Crippen molar-refractivity contribution in [3.05, 3.63) is 23.8 Å². The summed E-state index contributed by atoms with van der Waals surface area (Å²) in [5.74, 6) is 1.88. The van der Waals surface area contributed by atoms with Gasteiger partial charge in [-0.3, -0.25) is 9.59 Å². The molecule has 0 aromatic carbocycles. The standard InChI is InChI=1S/C22H30O3/c1-13-11-19-17-6-5-15-12-16(25-14(2)23)7-9-21(15,3)18(17)8-10-22(19,4)20(13)24/h5,16-19H,1,6-12H2,2-4H3/t16-,17+,18-,19-,21+,22-/m1/s1. The lowest BCUT2D eigenvalue weighted by Gasteiger charge is -2.56. The van der Waals surface area contributed by atoms with E-state index in [1.54, 1.807) is 0 Å². The van der Waals surface area contributed by atoms with Crippen molar-refractivity contribution in [1.82, 2.24) is 0 Å². The average Bonchev–Trinajstić information content (AvgIpc) is 2.78. The minimum absolute atomic E-state index is 0.0510. The predicted octanol–water partition coefficient (Wildman–Crippen LogP) is 4.62. The number of allylic oxidation sites excluding steroid dienone is 2. The minimum atomic E-state index is -0.172. The highest BCUT2D eigenvalue weighted by atomic mass is 16.5. The Hall–Kier alpha value is -1.38. The molecule has 0 aromatic heterocycles.